The minimum atomic E-state index is -0.179. The minimum absolute atomic E-state index is 0.179. The first-order valence-electron chi connectivity index (χ1n) is 5.73. The predicted molar refractivity (Wildman–Crippen MR) is 61.7 cm³/mol. The summed E-state index contributed by atoms with van der Waals surface area (Å²) < 4.78 is 0. The number of nitrogens with zero attached hydrogens (tertiary/aromatic N) is 1. The van der Waals surface area contributed by atoms with Gasteiger partial charge in [-0.3, -0.25) is 4.90 Å². The molecular formula is C13H19NO. The van der Waals surface area contributed by atoms with Crippen LogP contribution in [0.1, 0.15) is 24.5 Å². The van der Waals surface area contributed by atoms with Crippen molar-refractivity contribution in [2.75, 3.05) is 13.1 Å². The summed E-state index contributed by atoms with van der Waals surface area (Å²) in [6.07, 6.45) is 1.85. The quantitative estimate of drug-likeness (QED) is 0.813. The van der Waals surface area contributed by atoms with Crippen LogP contribution >= 0.6 is 0 Å². The summed E-state index contributed by atoms with van der Waals surface area (Å²) in [4.78, 5) is 2.43. The SMILES string of the molecule is CC(O)CCN1CCc2ccccc2C1. The van der Waals surface area contributed by atoms with E-state index in [2.05, 4.69) is 29.2 Å². The molecule has 1 unspecified atom stereocenters. The second-order valence-corrected chi connectivity index (χ2v) is 4.43. The third-order valence-corrected chi connectivity index (χ3v) is 3.07. The zero-order valence-corrected chi connectivity index (χ0v) is 9.32. The molecule has 1 N–H and O–H groups in total. The summed E-state index contributed by atoms with van der Waals surface area (Å²) in [6.45, 7) is 5.04. The highest BCUT2D eigenvalue weighted by Gasteiger charge is 2.15. The van der Waals surface area contributed by atoms with Crippen LogP contribution < -0.4 is 0 Å². The van der Waals surface area contributed by atoms with Gasteiger partial charge in [0.25, 0.3) is 0 Å². The molecule has 0 aliphatic carbocycles. The Kier molecular flexibility index (Phi) is 3.39. The van der Waals surface area contributed by atoms with Crippen molar-refractivity contribution in [1.82, 2.24) is 4.90 Å². The van der Waals surface area contributed by atoms with Crippen LogP contribution in [0.4, 0.5) is 0 Å². The topological polar surface area (TPSA) is 23.5 Å². The van der Waals surface area contributed by atoms with E-state index in [1.165, 1.54) is 11.1 Å². The normalized spacial score (nSPS) is 18.5. The number of aliphatic hydroxyl groups excluding tert-OH is 1. The standard InChI is InChI=1S/C13H19NO/c1-11(15)6-8-14-9-7-12-4-2-3-5-13(12)10-14/h2-5,11,15H,6-10H2,1H3. The van der Waals surface area contributed by atoms with E-state index in [9.17, 15) is 5.11 Å². The van der Waals surface area contributed by atoms with Gasteiger partial charge in [-0.15, -0.1) is 0 Å². The number of benzene rings is 1. The van der Waals surface area contributed by atoms with Crippen LogP contribution in [0, 0.1) is 0 Å². The minimum Gasteiger partial charge on any atom is -0.393 e. The molecule has 0 spiro atoms. The van der Waals surface area contributed by atoms with Gasteiger partial charge in [-0.2, -0.15) is 0 Å². The molecule has 1 aliphatic rings. The monoisotopic (exact) mass is 205 g/mol. The van der Waals surface area contributed by atoms with E-state index >= 15 is 0 Å². The van der Waals surface area contributed by atoms with Crippen molar-refractivity contribution in [2.45, 2.75) is 32.4 Å². The van der Waals surface area contributed by atoms with Crippen molar-refractivity contribution in [3.05, 3.63) is 35.4 Å². The van der Waals surface area contributed by atoms with Crippen molar-refractivity contribution in [2.24, 2.45) is 0 Å². The molecule has 82 valence electrons. The maximum atomic E-state index is 9.25. The van der Waals surface area contributed by atoms with Crippen LogP contribution in [0.25, 0.3) is 0 Å². The van der Waals surface area contributed by atoms with Gasteiger partial charge in [-0.05, 0) is 30.9 Å². The first-order valence-corrected chi connectivity index (χ1v) is 5.73. The van der Waals surface area contributed by atoms with Crippen molar-refractivity contribution >= 4 is 0 Å². The van der Waals surface area contributed by atoms with E-state index in [0.717, 1.165) is 32.5 Å². The largest absolute Gasteiger partial charge is 0.393 e. The maximum absolute atomic E-state index is 9.25. The molecule has 0 bridgehead atoms. The van der Waals surface area contributed by atoms with Crippen LogP contribution in [-0.4, -0.2) is 29.2 Å². The highest BCUT2D eigenvalue weighted by molar-refractivity contribution is 5.28. The smallest absolute Gasteiger partial charge is 0.0524 e. The first kappa shape index (κ1) is 10.7. The Hall–Kier alpha value is -0.860. The molecular weight excluding hydrogens is 186 g/mol. The van der Waals surface area contributed by atoms with Crippen LogP contribution in [-0.2, 0) is 13.0 Å². The molecule has 1 atom stereocenters. The van der Waals surface area contributed by atoms with Gasteiger partial charge >= 0.3 is 0 Å². The van der Waals surface area contributed by atoms with Gasteiger partial charge in [0.15, 0.2) is 0 Å². The third-order valence-electron chi connectivity index (χ3n) is 3.07. The van der Waals surface area contributed by atoms with E-state index in [4.69, 9.17) is 0 Å². The lowest BCUT2D eigenvalue weighted by Crippen LogP contribution is -2.32. The fraction of sp³-hybridized carbons (Fsp3) is 0.538. The van der Waals surface area contributed by atoms with Gasteiger partial charge in [-0.25, -0.2) is 0 Å². The van der Waals surface area contributed by atoms with Crippen molar-refractivity contribution < 1.29 is 5.11 Å². The van der Waals surface area contributed by atoms with E-state index in [0.29, 0.717) is 0 Å². The fourth-order valence-electron chi connectivity index (χ4n) is 2.11. The number of rotatable bonds is 3. The molecule has 0 amide bonds. The Morgan fingerprint density at radius 2 is 2.07 bits per heavy atom. The Morgan fingerprint density at radius 3 is 2.80 bits per heavy atom. The van der Waals surface area contributed by atoms with Crippen LogP contribution in [0.3, 0.4) is 0 Å². The number of fused-ring (bicyclic) bond motifs is 1. The molecule has 0 fully saturated rings. The average molecular weight is 205 g/mol. The molecule has 1 aliphatic heterocycles. The molecule has 1 aromatic carbocycles. The lowest BCUT2D eigenvalue weighted by Gasteiger charge is -2.28. The summed E-state index contributed by atoms with van der Waals surface area (Å²) in [6, 6.07) is 8.66. The zero-order chi connectivity index (χ0) is 10.7. The number of aliphatic hydroxyl groups is 1. The van der Waals surface area contributed by atoms with E-state index < -0.39 is 0 Å². The van der Waals surface area contributed by atoms with Crippen molar-refractivity contribution in [3.8, 4) is 0 Å². The summed E-state index contributed by atoms with van der Waals surface area (Å²) in [5, 5.41) is 9.25. The van der Waals surface area contributed by atoms with Gasteiger partial charge in [-0.1, -0.05) is 24.3 Å². The summed E-state index contributed by atoms with van der Waals surface area (Å²) >= 11 is 0. The molecule has 2 nitrogen and oxygen atoms in total. The zero-order valence-electron chi connectivity index (χ0n) is 9.32. The second kappa shape index (κ2) is 4.77. The molecule has 2 heteroatoms. The molecule has 0 radical (unpaired) electrons. The van der Waals surface area contributed by atoms with Crippen LogP contribution in [0.5, 0.6) is 0 Å². The Labute approximate surface area is 91.5 Å². The van der Waals surface area contributed by atoms with E-state index in [-0.39, 0.29) is 6.10 Å². The second-order valence-electron chi connectivity index (χ2n) is 4.43. The third kappa shape index (κ3) is 2.80. The maximum Gasteiger partial charge on any atom is 0.0524 e. The fourth-order valence-corrected chi connectivity index (χ4v) is 2.11. The highest BCUT2D eigenvalue weighted by atomic mass is 16.3. The predicted octanol–water partition coefficient (Wildman–Crippen LogP) is 1.82. The average Bonchev–Trinajstić information content (AvgIpc) is 2.26. The van der Waals surface area contributed by atoms with Crippen LogP contribution in [0.2, 0.25) is 0 Å². The van der Waals surface area contributed by atoms with Gasteiger partial charge < -0.3 is 5.11 Å². The molecule has 2 rings (SSSR count). The molecule has 0 aromatic heterocycles. The Balaban J connectivity index is 1.94. The summed E-state index contributed by atoms with van der Waals surface area (Å²) in [5.74, 6) is 0. The van der Waals surface area contributed by atoms with Crippen LogP contribution in [0.15, 0.2) is 24.3 Å². The number of hydrogen-bond acceptors (Lipinski definition) is 2. The number of hydrogen-bond donors (Lipinski definition) is 1. The molecule has 1 heterocycles. The van der Waals surface area contributed by atoms with Gasteiger partial charge in [0.2, 0.25) is 0 Å². The molecule has 0 saturated carbocycles. The first-order chi connectivity index (χ1) is 7.25. The van der Waals surface area contributed by atoms with Crippen molar-refractivity contribution in [1.29, 1.82) is 0 Å². The highest BCUT2D eigenvalue weighted by Crippen LogP contribution is 2.18. The molecule has 15 heavy (non-hydrogen) atoms. The van der Waals surface area contributed by atoms with Gasteiger partial charge in [0.1, 0.15) is 0 Å². The van der Waals surface area contributed by atoms with E-state index in [1.54, 1.807) is 0 Å². The summed E-state index contributed by atoms with van der Waals surface area (Å²) in [7, 11) is 0. The molecule has 1 aromatic rings. The Morgan fingerprint density at radius 1 is 1.33 bits per heavy atom. The lowest BCUT2D eigenvalue weighted by atomic mass is 10.00. The van der Waals surface area contributed by atoms with Crippen molar-refractivity contribution in [3.63, 3.8) is 0 Å². The lowest BCUT2D eigenvalue weighted by molar-refractivity contribution is 0.151. The van der Waals surface area contributed by atoms with Gasteiger partial charge in [0, 0.05) is 19.6 Å². The molecule has 0 saturated heterocycles. The van der Waals surface area contributed by atoms with E-state index in [1.807, 2.05) is 6.92 Å². The summed E-state index contributed by atoms with van der Waals surface area (Å²) in [5.41, 5.74) is 2.94. The Bertz CT molecular complexity index is 322. The van der Waals surface area contributed by atoms with Gasteiger partial charge in [0.05, 0.1) is 6.10 Å².